The third kappa shape index (κ3) is 3.71. The molecule has 2 aromatic rings. The summed E-state index contributed by atoms with van der Waals surface area (Å²) in [6, 6.07) is 13.4. The van der Waals surface area contributed by atoms with Crippen molar-refractivity contribution in [3.63, 3.8) is 0 Å². The van der Waals surface area contributed by atoms with Crippen molar-refractivity contribution in [1.82, 2.24) is 15.5 Å². The molecule has 4 amide bonds. The zero-order valence-corrected chi connectivity index (χ0v) is 16.9. The minimum absolute atomic E-state index is 0.225. The molecule has 152 valence electrons. The summed E-state index contributed by atoms with van der Waals surface area (Å²) in [4.78, 5) is 38.9. The normalized spacial score (nSPS) is 25.3. The molecule has 1 aliphatic heterocycles. The molecule has 0 bridgehead atoms. The molecule has 4 rings (SSSR count). The van der Waals surface area contributed by atoms with Crippen LogP contribution >= 0.6 is 0 Å². The van der Waals surface area contributed by atoms with E-state index in [9.17, 15) is 14.4 Å². The maximum atomic E-state index is 12.9. The van der Waals surface area contributed by atoms with Crippen LogP contribution in [0.4, 0.5) is 4.79 Å². The molecule has 1 atom stereocenters. The van der Waals surface area contributed by atoms with Crippen molar-refractivity contribution in [3.8, 4) is 0 Å². The van der Waals surface area contributed by atoms with Crippen LogP contribution in [0.25, 0.3) is 10.8 Å². The summed E-state index contributed by atoms with van der Waals surface area (Å²) < 4.78 is 0. The van der Waals surface area contributed by atoms with E-state index in [4.69, 9.17) is 0 Å². The highest BCUT2D eigenvalue weighted by Crippen LogP contribution is 2.36. The first-order chi connectivity index (χ1) is 13.9. The molecule has 1 unspecified atom stereocenters. The molecule has 1 heterocycles. The molecule has 1 spiro atoms. The minimum atomic E-state index is -0.812. The van der Waals surface area contributed by atoms with Crippen molar-refractivity contribution in [2.45, 2.75) is 51.1 Å². The molecule has 29 heavy (non-hydrogen) atoms. The van der Waals surface area contributed by atoms with Gasteiger partial charge in [0.15, 0.2) is 0 Å². The van der Waals surface area contributed by atoms with E-state index in [1.807, 2.05) is 49.4 Å². The number of fused-ring (bicyclic) bond motifs is 1. The van der Waals surface area contributed by atoms with Crippen LogP contribution in [0.1, 0.15) is 51.1 Å². The molecule has 0 radical (unpaired) electrons. The minimum Gasteiger partial charge on any atom is -0.348 e. The summed E-state index contributed by atoms with van der Waals surface area (Å²) in [5, 5.41) is 8.02. The van der Waals surface area contributed by atoms with Crippen LogP contribution in [0.15, 0.2) is 42.5 Å². The highest BCUT2D eigenvalue weighted by molar-refractivity contribution is 6.09. The van der Waals surface area contributed by atoms with Gasteiger partial charge in [0.1, 0.15) is 12.1 Å². The molecule has 0 aromatic heterocycles. The van der Waals surface area contributed by atoms with E-state index in [-0.39, 0.29) is 24.4 Å². The molecule has 2 fully saturated rings. The lowest BCUT2D eigenvalue weighted by atomic mass is 9.77. The number of imide groups is 1. The Bertz CT molecular complexity index is 963. The van der Waals surface area contributed by atoms with Crippen molar-refractivity contribution in [2.24, 2.45) is 5.92 Å². The van der Waals surface area contributed by atoms with Gasteiger partial charge in [-0.2, -0.15) is 0 Å². The molecular formula is C23H27N3O3. The van der Waals surface area contributed by atoms with Crippen LogP contribution in [0, 0.1) is 5.92 Å². The van der Waals surface area contributed by atoms with Crippen LogP contribution in [-0.2, 0) is 9.59 Å². The fourth-order valence-corrected chi connectivity index (χ4v) is 4.40. The zero-order chi connectivity index (χ0) is 20.6. The second-order valence-corrected chi connectivity index (χ2v) is 8.48. The van der Waals surface area contributed by atoms with Crippen molar-refractivity contribution >= 4 is 28.6 Å². The lowest BCUT2D eigenvalue weighted by Crippen LogP contribution is -2.50. The first-order valence-corrected chi connectivity index (χ1v) is 10.3. The molecule has 6 nitrogen and oxygen atoms in total. The number of nitrogens with zero attached hydrogens (tertiary/aromatic N) is 1. The predicted molar refractivity (Wildman–Crippen MR) is 111 cm³/mol. The summed E-state index contributed by atoms with van der Waals surface area (Å²) in [5.41, 5.74) is 0.167. The van der Waals surface area contributed by atoms with Gasteiger partial charge >= 0.3 is 6.03 Å². The van der Waals surface area contributed by atoms with Gasteiger partial charge in [0, 0.05) is 0 Å². The van der Waals surface area contributed by atoms with Gasteiger partial charge in [-0.1, -0.05) is 43.3 Å². The Labute approximate surface area is 170 Å². The van der Waals surface area contributed by atoms with Crippen molar-refractivity contribution < 1.29 is 14.4 Å². The molecule has 1 aliphatic carbocycles. The Morgan fingerprint density at radius 2 is 1.86 bits per heavy atom. The third-order valence-corrected chi connectivity index (χ3v) is 6.33. The van der Waals surface area contributed by atoms with Gasteiger partial charge in [-0.3, -0.25) is 14.5 Å². The summed E-state index contributed by atoms with van der Waals surface area (Å²) in [5.74, 6) is -0.0382. The predicted octanol–water partition coefficient (Wildman–Crippen LogP) is 3.52. The average molecular weight is 393 g/mol. The fraction of sp³-hybridized carbons (Fsp3) is 0.435. The first kappa shape index (κ1) is 19.4. The molecule has 1 saturated heterocycles. The molecule has 2 N–H and O–H groups in total. The van der Waals surface area contributed by atoms with Gasteiger partial charge in [0.25, 0.3) is 5.91 Å². The second-order valence-electron chi connectivity index (χ2n) is 8.48. The maximum absolute atomic E-state index is 12.9. The number of urea groups is 1. The van der Waals surface area contributed by atoms with E-state index in [1.54, 1.807) is 0 Å². The number of amides is 4. The van der Waals surface area contributed by atoms with Crippen LogP contribution in [0.2, 0.25) is 0 Å². The van der Waals surface area contributed by atoms with E-state index < -0.39 is 11.6 Å². The summed E-state index contributed by atoms with van der Waals surface area (Å²) in [7, 11) is 0. The van der Waals surface area contributed by atoms with Crippen molar-refractivity contribution in [1.29, 1.82) is 0 Å². The smallest absolute Gasteiger partial charge is 0.325 e. The van der Waals surface area contributed by atoms with Gasteiger partial charge in [0.2, 0.25) is 5.91 Å². The summed E-state index contributed by atoms with van der Waals surface area (Å²) in [6.45, 7) is 3.81. The number of carbonyl (C=O) groups is 3. The number of hydrogen-bond acceptors (Lipinski definition) is 3. The van der Waals surface area contributed by atoms with E-state index in [2.05, 4.69) is 17.6 Å². The van der Waals surface area contributed by atoms with Gasteiger partial charge in [0.05, 0.1) is 6.04 Å². The van der Waals surface area contributed by atoms with Crippen LogP contribution in [-0.4, -0.2) is 34.8 Å². The van der Waals surface area contributed by atoms with E-state index in [1.165, 1.54) is 0 Å². The van der Waals surface area contributed by atoms with E-state index >= 15 is 0 Å². The van der Waals surface area contributed by atoms with Gasteiger partial charge in [-0.05, 0) is 60.9 Å². The largest absolute Gasteiger partial charge is 0.348 e. The van der Waals surface area contributed by atoms with Gasteiger partial charge in [-0.15, -0.1) is 0 Å². The van der Waals surface area contributed by atoms with E-state index in [0.29, 0.717) is 18.8 Å². The third-order valence-electron chi connectivity index (χ3n) is 6.33. The summed E-state index contributed by atoms with van der Waals surface area (Å²) >= 11 is 0. The van der Waals surface area contributed by atoms with Crippen LogP contribution in [0.5, 0.6) is 0 Å². The highest BCUT2D eigenvalue weighted by atomic mass is 16.2. The Balaban J connectivity index is 1.41. The van der Waals surface area contributed by atoms with Crippen molar-refractivity contribution in [2.75, 3.05) is 6.54 Å². The Morgan fingerprint density at radius 3 is 2.59 bits per heavy atom. The second kappa shape index (κ2) is 7.50. The quantitative estimate of drug-likeness (QED) is 0.780. The van der Waals surface area contributed by atoms with Gasteiger partial charge in [-0.25, -0.2) is 4.79 Å². The lowest BCUT2D eigenvalue weighted by molar-refractivity contribution is -0.136. The Morgan fingerprint density at radius 1 is 1.17 bits per heavy atom. The average Bonchev–Trinajstić information content (AvgIpc) is 2.94. The monoisotopic (exact) mass is 393 g/mol. The topological polar surface area (TPSA) is 78.5 Å². The van der Waals surface area contributed by atoms with Gasteiger partial charge < -0.3 is 10.6 Å². The molecule has 2 aromatic carbocycles. The lowest BCUT2D eigenvalue weighted by Gasteiger charge is -2.33. The van der Waals surface area contributed by atoms with E-state index in [0.717, 1.165) is 34.1 Å². The summed E-state index contributed by atoms with van der Waals surface area (Å²) in [6.07, 6.45) is 3.10. The zero-order valence-electron chi connectivity index (χ0n) is 16.9. The van der Waals surface area contributed by atoms with Crippen LogP contribution in [0.3, 0.4) is 0 Å². The Kier molecular flexibility index (Phi) is 5.03. The SMILES string of the molecule is CC1CCC2(CC1)NC(=O)N(CC(=O)NC(C)c1ccc3ccccc3c1)C2=O. The number of nitrogens with one attached hydrogen (secondary N) is 2. The highest BCUT2D eigenvalue weighted by Gasteiger charge is 2.52. The fourth-order valence-electron chi connectivity index (χ4n) is 4.40. The van der Waals surface area contributed by atoms with Crippen molar-refractivity contribution in [3.05, 3.63) is 48.0 Å². The Hall–Kier alpha value is -2.89. The number of carbonyl (C=O) groups excluding carboxylic acids is 3. The number of benzene rings is 2. The molecule has 1 saturated carbocycles. The number of hydrogen-bond donors (Lipinski definition) is 2. The first-order valence-electron chi connectivity index (χ1n) is 10.3. The molecule has 6 heteroatoms. The standard InChI is InChI=1S/C23H27N3O3/c1-15-9-11-23(12-10-15)21(28)26(22(29)25-23)14-20(27)24-16(2)18-8-7-17-5-3-4-6-19(17)13-18/h3-8,13,15-16H,9-12,14H2,1-2H3,(H,24,27)(H,25,29). The maximum Gasteiger partial charge on any atom is 0.325 e. The number of rotatable bonds is 4. The molecular weight excluding hydrogens is 366 g/mol. The van der Waals surface area contributed by atoms with Crippen LogP contribution < -0.4 is 10.6 Å². The molecule has 2 aliphatic rings.